The van der Waals surface area contributed by atoms with Crippen molar-refractivity contribution < 1.29 is 9.53 Å². The summed E-state index contributed by atoms with van der Waals surface area (Å²) in [5.41, 5.74) is 0.0514. The van der Waals surface area contributed by atoms with Crippen LogP contribution in [0.1, 0.15) is 46.1 Å². The number of rotatable bonds is 3. The summed E-state index contributed by atoms with van der Waals surface area (Å²) >= 11 is 0. The van der Waals surface area contributed by atoms with E-state index in [9.17, 15) is 9.59 Å². The molecule has 18 heavy (non-hydrogen) atoms. The molecule has 1 aromatic heterocycles. The maximum absolute atomic E-state index is 12.1. The minimum absolute atomic E-state index is 0.0450. The third-order valence-electron chi connectivity index (χ3n) is 2.39. The topological polar surface area (TPSA) is 48.3 Å². The summed E-state index contributed by atoms with van der Waals surface area (Å²) < 4.78 is 6.59. The van der Waals surface area contributed by atoms with Crippen LogP contribution in [0.4, 0.5) is 0 Å². The quantitative estimate of drug-likeness (QED) is 0.774. The number of aromatic nitrogens is 1. The minimum Gasteiger partial charge on any atom is -0.459 e. The van der Waals surface area contributed by atoms with E-state index in [0.717, 1.165) is 0 Å². The van der Waals surface area contributed by atoms with Crippen LogP contribution in [0.2, 0.25) is 0 Å². The second-order valence-electron chi connectivity index (χ2n) is 5.64. The van der Waals surface area contributed by atoms with Crippen molar-refractivity contribution in [3.8, 4) is 0 Å². The Kier molecular flexibility index (Phi) is 4.33. The largest absolute Gasteiger partial charge is 0.459 e. The van der Waals surface area contributed by atoms with Crippen molar-refractivity contribution in [2.45, 2.75) is 52.7 Å². The number of esters is 1. The molecule has 0 saturated heterocycles. The molecule has 0 aliphatic carbocycles. The molecule has 0 spiro atoms. The molecule has 0 fully saturated rings. The highest BCUT2D eigenvalue weighted by atomic mass is 16.6. The monoisotopic (exact) mass is 251 g/mol. The minimum atomic E-state index is -0.531. The van der Waals surface area contributed by atoms with Crippen LogP contribution in [0.3, 0.4) is 0 Å². The van der Waals surface area contributed by atoms with Gasteiger partial charge in [0.1, 0.15) is 12.1 Å². The first-order valence-corrected chi connectivity index (χ1v) is 6.12. The number of hydrogen-bond donors (Lipinski definition) is 0. The standard InChI is InChI=1S/C14H21NO3/c1-10(2)11-7-6-8-15(13(11)17)9-12(16)18-14(3,4)5/h6-8,10H,9H2,1-5H3. The van der Waals surface area contributed by atoms with E-state index in [1.54, 1.807) is 39.1 Å². The van der Waals surface area contributed by atoms with Gasteiger partial charge in [0.25, 0.3) is 5.56 Å². The van der Waals surface area contributed by atoms with Gasteiger partial charge in [-0.05, 0) is 32.8 Å². The number of pyridine rings is 1. The Labute approximate surface area is 108 Å². The molecule has 0 aliphatic rings. The summed E-state index contributed by atoms with van der Waals surface area (Å²) in [5, 5.41) is 0. The van der Waals surface area contributed by atoms with Gasteiger partial charge in [0.15, 0.2) is 0 Å². The average Bonchev–Trinajstić information content (AvgIpc) is 2.17. The van der Waals surface area contributed by atoms with E-state index in [0.29, 0.717) is 5.56 Å². The van der Waals surface area contributed by atoms with Crippen molar-refractivity contribution >= 4 is 5.97 Å². The molecule has 0 unspecified atom stereocenters. The third-order valence-corrected chi connectivity index (χ3v) is 2.39. The lowest BCUT2D eigenvalue weighted by Crippen LogP contribution is -2.31. The number of hydrogen-bond acceptors (Lipinski definition) is 3. The Balaban J connectivity index is 2.90. The second-order valence-corrected chi connectivity index (χ2v) is 5.64. The first-order valence-electron chi connectivity index (χ1n) is 6.12. The summed E-state index contributed by atoms with van der Waals surface area (Å²) in [7, 11) is 0. The average molecular weight is 251 g/mol. The van der Waals surface area contributed by atoms with Crippen molar-refractivity contribution in [3.63, 3.8) is 0 Å². The van der Waals surface area contributed by atoms with E-state index in [-0.39, 0.29) is 18.0 Å². The van der Waals surface area contributed by atoms with Gasteiger partial charge in [-0.3, -0.25) is 9.59 Å². The Bertz CT molecular complexity index is 481. The van der Waals surface area contributed by atoms with Crippen LogP contribution in [-0.4, -0.2) is 16.1 Å². The first-order chi connectivity index (χ1) is 8.20. The highest BCUT2D eigenvalue weighted by molar-refractivity contribution is 5.69. The van der Waals surface area contributed by atoms with Gasteiger partial charge in [-0.25, -0.2) is 0 Å². The molecule has 0 atom stereocenters. The fourth-order valence-electron chi connectivity index (χ4n) is 1.63. The molecule has 0 aromatic carbocycles. The van der Waals surface area contributed by atoms with Gasteiger partial charge in [0.2, 0.25) is 0 Å². The van der Waals surface area contributed by atoms with Crippen LogP contribution in [0.5, 0.6) is 0 Å². The number of nitrogens with zero attached hydrogens (tertiary/aromatic N) is 1. The molecule has 0 aliphatic heterocycles. The molecular weight excluding hydrogens is 230 g/mol. The molecule has 4 nitrogen and oxygen atoms in total. The SMILES string of the molecule is CC(C)c1cccn(CC(=O)OC(C)(C)C)c1=O. The van der Waals surface area contributed by atoms with Crippen molar-refractivity contribution in [1.29, 1.82) is 0 Å². The lowest BCUT2D eigenvalue weighted by atomic mass is 10.1. The van der Waals surface area contributed by atoms with E-state index >= 15 is 0 Å². The van der Waals surface area contributed by atoms with Crippen LogP contribution in [0.25, 0.3) is 0 Å². The lowest BCUT2D eigenvalue weighted by molar-refractivity contribution is -0.155. The molecule has 0 radical (unpaired) electrons. The predicted molar refractivity (Wildman–Crippen MR) is 70.6 cm³/mol. The van der Waals surface area contributed by atoms with Crippen molar-refractivity contribution in [1.82, 2.24) is 4.57 Å². The number of carbonyl (C=O) groups is 1. The van der Waals surface area contributed by atoms with E-state index in [1.807, 2.05) is 13.8 Å². The Morgan fingerprint density at radius 3 is 2.50 bits per heavy atom. The maximum atomic E-state index is 12.1. The van der Waals surface area contributed by atoms with Crippen LogP contribution in [0.15, 0.2) is 23.1 Å². The van der Waals surface area contributed by atoms with E-state index in [4.69, 9.17) is 4.74 Å². The van der Waals surface area contributed by atoms with Gasteiger partial charge in [-0.1, -0.05) is 19.9 Å². The molecule has 1 aromatic rings. The first kappa shape index (κ1) is 14.5. The molecule has 1 rings (SSSR count). The van der Waals surface area contributed by atoms with Gasteiger partial charge < -0.3 is 9.30 Å². The fraction of sp³-hybridized carbons (Fsp3) is 0.571. The normalized spacial score (nSPS) is 11.7. The van der Waals surface area contributed by atoms with Crippen molar-refractivity contribution in [2.75, 3.05) is 0 Å². The van der Waals surface area contributed by atoms with Gasteiger partial charge in [-0.15, -0.1) is 0 Å². The van der Waals surface area contributed by atoms with Crippen molar-refractivity contribution in [3.05, 3.63) is 34.2 Å². The molecule has 0 N–H and O–H groups in total. The molecular formula is C14H21NO3. The zero-order chi connectivity index (χ0) is 13.9. The molecule has 0 amide bonds. The van der Waals surface area contributed by atoms with Crippen LogP contribution >= 0.6 is 0 Å². The van der Waals surface area contributed by atoms with Gasteiger partial charge in [0.05, 0.1) is 0 Å². The smallest absolute Gasteiger partial charge is 0.326 e. The number of ether oxygens (including phenoxy) is 1. The lowest BCUT2D eigenvalue weighted by Gasteiger charge is -2.20. The van der Waals surface area contributed by atoms with Gasteiger partial charge >= 0.3 is 5.97 Å². The number of carbonyl (C=O) groups excluding carboxylic acids is 1. The summed E-state index contributed by atoms with van der Waals surface area (Å²) in [6.45, 7) is 9.27. The van der Waals surface area contributed by atoms with Gasteiger partial charge in [0, 0.05) is 11.8 Å². The summed E-state index contributed by atoms with van der Waals surface area (Å²) in [6, 6.07) is 3.57. The molecule has 0 saturated carbocycles. The van der Waals surface area contributed by atoms with E-state index in [1.165, 1.54) is 4.57 Å². The molecule has 4 heteroatoms. The van der Waals surface area contributed by atoms with E-state index < -0.39 is 11.6 Å². The Morgan fingerprint density at radius 2 is 2.00 bits per heavy atom. The van der Waals surface area contributed by atoms with Crippen LogP contribution < -0.4 is 5.56 Å². The maximum Gasteiger partial charge on any atom is 0.326 e. The predicted octanol–water partition coefficient (Wildman–Crippen LogP) is 2.31. The summed E-state index contributed by atoms with van der Waals surface area (Å²) in [4.78, 5) is 23.7. The van der Waals surface area contributed by atoms with Crippen LogP contribution in [0, 0.1) is 0 Å². The zero-order valence-electron chi connectivity index (χ0n) is 11.7. The van der Waals surface area contributed by atoms with E-state index in [2.05, 4.69) is 0 Å². The van der Waals surface area contributed by atoms with Crippen LogP contribution in [-0.2, 0) is 16.1 Å². The van der Waals surface area contributed by atoms with Gasteiger partial charge in [-0.2, -0.15) is 0 Å². The Hall–Kier alpha value is -1.58. The second kappa shape index (κ2) is 5.38. The highest BCUT2D eigenvalue weighted by Crippen LogP contribution is 2.09. The fourth-order valence-corrected chi connectivity index (χ4v) is 1.63. The summed E-state index contributed by atoms with van der Waals surface area (Å²) in [6.07, 6.45) is 1.61. The third kappa shape index (κ3) is 4.02. The van der Waals surface area contributed by atoms with Crippen molar-refractivity contribution in [2.24, 2.45) is 0 Å². The molecule has 100 valence electrons. The highest BCUT2D eigenvalue weighted by Gasteiger charge is 2.17. The molecule has 1 heterocycles. The summed E-state index contributed by atoms with van der Waals surface area (Å²) in [5.74, 6) is -0.255. The molecule has 0 bridgehead atoms. The Morgan fingerprint density at radius 1 is 1.39 bits per heavy atom. The zero-order valence-corrected chi connectivity index (χ0v) is 11.7.